The van der Waals surface area contributed by atoms with Crippen molar-refractivity contribution in [2.24, 2.45) is 5.73 Å². The molecule has 0 radical (unpaired) electrons. The molecule has 0 amide bonds. The Kier molecular flexibility index (Phi) is 2.60. The summed E-state index contributed by atoms with van der Waals surface area (Å²) in [5.41, 5.74) is 5.14. The number of halogens is 1. The van der Waals surface area contributed by atoms with Crippen LogP contribution in [0.2, 0.25) is 0 Å². The van der Waals surface area contributed by atoms with Crippen LogP contribution in [0.5, 0.6) is 0 Å². The first-order chi connectivity index (χ1) is 3.18. The molecule has 0 rings (SSSR count). The molecule has 42 valence electrons. The van der Waals surface area contributed by atoms with Crippen molar-refractivity contribution in [1.29, 1.82) is 0 Å². The van der Waals surface area contributed by atoms with E-state index in [0.717, 1.165) is 0 Å². The van der Waals surface area contributed by atoms with Gasteiger partial charge in [0, 0.05) is 0 Å². The van der Waals surface area contributed by atoms with Crippen LogP contribution >= 0.6 is 0 Å². The minimum atomic E-state index is -0.458. The van der Waals surface area contributed by atoms with Crippen molar-refractivity contribution >= 4 is 0 Å². The zero-order chi connectivity index (χ0) is 5.86. The van der Waals surface area contributed by atoms with Crippen molar-refractivity contribution in [3.8, 4) is 0 Å². The summed E-state index contributed by atoms with van der Waals surface area (Å²) in [6.45, 7) is 4.85. The molecule has 0 bridgehead atoms. The average Bonchev–Trinajstić information content (AvgIpc) is 1.65. The summed E-state index contributed by atoms with van der Waals surface area (Å²) in [6.07, 6.45) is 0.620. The highest BCUT2D eigenvalue weighted by Gasteiger charge is 1.99. The minimum Gasteiger partial charge on any atom is -0.322 e. The Bertz CT molecular complexity index is 70.5. The predicted molar refractivity (Wildman–Crippen MR) is 28.5 cm³/mol. The first kappa shape index (κ1) is 6.63. The van der Waals surface area contributed by atoms with E-state index in [0.29, 0.717) is 6.42 Å². The summed E-state index contributed by atoms with van der Waals surface area (Å²) >= 11 is 0. The van der Waals surface area contributed by atoms with E-state index in [4.69, 9.17) is 5.73 Å². The Morgan fingerprint density at radius 2 is 2.43 bits per heavy atom. The lowest BCUT2D eigenvalue weighted by Crippen LogP contribution is -2.18. The van der Waals surface area contributed by atoms with Crippen LogP contribution in [-0.4, -0.2) is 6.04 Å². The summed E-state index contributed by atoms with van der Waals surface area (Å²) in [4.78, 5) is 0. The van der Waals surface area contributed by atoms with Gasteiger partial charge < -0.3 is 5.73 Å². The Morgan fingerprint density at radius 1 is 2.00 bits per heavy atom. The van der Waals surface area contributed by atoms with Crippen molar-refractivity contribution in [2.75, 3.05) is 0 Å². The van der Waals surface area contributed by atoms with Gasteiger partial charge >= 0.3 is 0 Å². The van der Waals surface area contributed by atoms with Crippen LogP contribution in [0.25, 0.3) is 0 Å². The smallest absolute Gasteiger partial charge is 0.109 e. The van der Waals surface area contributed by atoms with E-state index in [-0.39, 0.29) is 0 Å². The largest absolute Gasteiger partial charge is 0.322 e. The zero-order valence-corrected chi connectivity index (χ0v) is 4.45. The van der Waals surface area contributed by atoms with Crippen LogP contribution in [-0.2, 0) is 0 Å². The predicted octanol–water partition coefficient (Wildman–Crippen LogP) is 1.21. The van der Waals surface area contributed by atoms with Gasteiger partial charge in [0.25, 0.3) is 0 Å². The number of hydrogen-bond donors (Lipinski definition) is 1. The van der Waals surface area contributed by atoms with Gasteiger partial charge in [-0.05, 0) is 6.42 Å². The molecule has 0 aromatic carbocycles. The van der Waals surface area contributed by atoms with Gasteiger partial charge in [-0.15, -0.1) is 0 Å². The van der Waals surface area contributed by atoms with E-state index in [1.807, 2.05) is 6.92 Å². The molecule has 0 aliphatic heterocycles. The molecule has 7 heavy (non-hydrogen) atoms. The van der Waals surface area contributed by atoms with Gasteiger partial charge in [-0.3, -0.25) is 0 Å². The first-order valence-corrected chi connectivity index (χ1v) is 2.28. The van der Waals surface area contributed by atoms with Crippen molar-refractivity contribution in [2.45, 2.75) is 19.4 Å². The van der Waals surface area contributed by atoms with E-state index in [2.05, 4.69) is 6.58 Å². The summed E-state index contributed by atoms with van der Waals surface area (Å²) in [5, 5.41) is 0. The summed E-state index contributed by atoms with van der Waals surface area (Å²) < 4.78 is 11.8. The van der Waals surface area contributed by atoms with Crippen LogP contribution in [0, 0.1) is 0 Å². The minimum absolute atomic E-state index is 0.428. The van der Waals surface area contributed by atoms with Crippen molar-refractivity contribution in [1.82, 2.24) is 0 Å². The second-order valence-corrected chi connectivity index (χ2v) is 1.46. The van der Waals surface area contributed by atoms with E-state index in [9.17, 15) is 4.39 Å². The summed E-state index contributed by atoms with van der Waals surface area (Å²) in [7, 11) is 0. The highest BCUT2D eigenvalue weighted by Crippen LogP contribution is 1.99. The van der Waals surface area contributed by atoms with Gasteiger partial charge in [0.15, 0.2) is 0 Å². The van der Waals surface area contributed by atoms with E-state index >= 15 is 0 Å². The van der Waals surface area contributed by atoms with Crippen LogP contribution in [0.3, 0.4) is 0 Å². The summed E-state index contributed by atoms with van der Waals surface area (Å²) in [5.74, 6) is -0.428. The molecule has 0 saturated heterocycles. The van der Waals surface area contributed by atoms with Gasteiger partial charge in [-0.25, -0.2) is 4.39 Å². The molecule has 2 heteroatoms. The third-order valence-electron chi connectivity index (χ3n) is 0.842. The standard InChI is InChI=1S/C5H10FN/c1-3-5(7)4(2)6/h5H,2-3,7H2,1H3. The van der Waals surface area contributed by atoms with E-state index in [1.165, 1.54) is 0 Å². The highest BCUT2D eigenvalue weighted by molar-refractivity contribution is 4.91. The monoisotopic (exact) mass is 103 g/mol. The Hall–Kier alpha value is -0.370. The fraction of sp³-hybridized carbons (Fsp3) is 0.600. The number of hydrogen-bond acceptors (Lipinski definition) is 1. The molecule has 0 saturated carbocycles. The molecule has 0 aromatic rings. The fourth-order valence-electron chi connectivity index (χ4n) is 0.221. The van der Waals surface area contributed by atoms with Gasteiger partial charge in [-0.1, -0.05) is 13.5 Å². The molecule has 0 aliphatic carbocycles. The topological polar surface area (TPSA) is 26.0 Å². The second kappa shape index (κ2) is 2.75. The molecule has 0 spiro atoms. The Balaban J connectivity index is 3.34. The molecule has 1 unspecified atom stereocenters. The third kappa shape index (κ3) is 2.34. The maximum absolute atomic E-state index is 11.8. The van der Waals surface area contributed by atoms with Gasteiger partial charge in [0.05, 0.1) is 6.04 Å². The van der Waals surface area contributed by atoms with Crippen molar-refractivity contribution in [3.05, 3.63) is 12.4 Å². The van der Waals surface area contributed by atoms with Gasteiger partial charge in [0.2, 0.25) is 0 Å². The second-order valence-electron chi connectivity index (χ2n) is 1.46. The molecule has 1 atom stereocenters. The number of rotatable bonds is 2. The third-order valence-corrected chi connectivity index (χ3v) is 0.842. The molecule has 0 aromatic heterocycles. The maximum atomic E-state index is 11.8. The van der Waals surface area contributed by atoms with Crippen LogP contribution < -0.4 is 5.73 Å². The molecular formula is C5H10FN. The molecule has 2 N–H and O–H groups in total. The van der Waals surface area contributed by atoms with Crippen LogP contribution in [0.4, 0.5) is 4.39 Å². The SMILES string of the molecule is C=C(F)C(N)CC. The Morgan fingerprint density at radius 3 is 2.43 bits per heavy atom. The maximum Gasteiger partial charge on any atom is 0.109 e. The van der Waals surface area contributed by atoms with Crippen molar-refractivity contribution < 1.29 is 4.39 Å². The van der Waals surface area contributed by atoms with Crippen LogP contribution in [0.15, 0.2) is 12.4 Å². The average molecular weight is 103 g/mol. The van der Waals surface area contributed by atoms with E-state index < -0.39 is 11.9 Å². The van der Waals surface area contributed by atoms with Gasteiger partial charge in [0.1, 0.15) is 5.83 Å². The molecule has 0 aliphatic rings. The zero-order valence-electron chi connectivity index (χ0n) is 4.45. The molecular weight excluding hydrogens is 93.1 g/mol. The van der Waals surface area contributed by atoms with Crippen LogP contribution in [0.1, 0.15) is 13.3 Å². The molecule has 0 fully saturated rings. The lowest BCUT2D eigenvalue weighted by atomic mass is 10.2. The quantitative estimate of drug-likeness (QED) is 0.558. The number of nitrogens with two attached hydrogens (primary N) is 1. The highest BCUT2D eigenvalue weighted by atomic mass is 19.1. The molecule has 0 heterocycles. The normalized spacial score (nSPS) is 13.6. The lowest BCUT2D eigenvalue weighted by Gasteiger charge is -2.00. The Labute approximate surface area is 43.0 Å². The van der Waals surface area contributed by atoms with E-state index in [1.54, 1.807) is 0 Å². The lowest BCUT2D eigenvalue weighted by molar-refractivity contribution is 0.534. The first-order valence-electron chi connectivity index (χ1n) is 2.28. The summed E-state index contributed by atoms with van der Waals surface area (Å²) in [6, 6.07) is -0.458. The van der Waals surface area contributed by atoms with Crippen molar-refractivity contribution in [3.63, 3.8) is 0 Å². The fourth-order valence-corrected chi connectivity index (χ4v) is 0.221. The molecule has 1 nitrogen and oxygen atoms in total. The van der Waals surface area contributed by atoms with Gasteiger partial charge in [-0.2, -0.15) is 0 Å².